The summed E-state index contributed by atoms with van der Waals surface area (Å²) in [6.07, 6.45) is 0.594. The van der Waals surface area contributed by atoms with Crippen LogP contribution in [0.25, 0.3) is 0 Å². The van der Waals surface area contributed by atoms with Crippen LogP contribution in [0.2, 0.25) is 0 Å². The predicted molar refractivity (Wildman–Crippen MR) is 77.9 cm³/mol. The van der Waals surface area contributed by atoms with Gasteiger partial charge in [-0.15, -0.1) is 0 Å². The van der Waals surface area contributed by atoms with Crippen molar-refractivity contribution in [2.24, 2.45) is 5.84 Å². The smallest absolute Gasteiger partial charge is 0.241 e. The second kappa shape index (κ2) is 5.69. The molecule has 0 saturated carbocycles. The van der Waals surface area contributed by atoms with Crippen LogP contribution in [0.4, 0.5) is 5.69 Å². The molecule has 6 nitrogen and oxygen atoms in total. The first kappa shape index (κ1) is 15.2. The summed E-state index contributed by atoms with van der Waals surface area (Å²) in [7, 11) is -3.56. The van der Waals surface area contributed by atoms with Gasteiger partial charge in [-0.25, -0.2) is 13.1 Å². The van der Waals surface area contributed by atoms with E-state index >= 15 is 0 Å². The van der Waals surface area contributed by atoms with Crippen LogP contribution in [0.15, 0.2) is 17.0 Å². The molecule has 4 N–H and O–H groups in total. The van der Waals surface area contributed by atoms with E-state index < -0.39 is 10.0 Å². The van der Waals surface area contributed by atoms with Crippen LogP contribution < -0.4 is 16.0 Å². The molecular formula is C13H21N3O3S. The predicted octanol–water partition coefficient (Wildman–Crippen LogP) is 1.04. The van der Waals surface area contributed by atoms with Gasteiger partial charge < -0.3 is 10.2 Å². The van der Waals surface area contributed by atoms with Gasteiger partial charge in [-0.1, -0.05) is 0 Å². The Labute approximate surface area is 119 Å². The molecule has 1 aromatic carbocycles. The minimum atomic E-state index is -3.56. The normalized spacial score (nSPS) is 23.0. The van der Waals surface area contributed by atoms with Gasteiger partial charge in [0.2, 0.25) is 10.0 Å². The third-order valence-corrected chi connectivity index (χ3v) is 5.37. The van der Waals surface area contributed by atoms with Crippen molar-refractivity contribution in [1.29, 1.82) is 0 Å². The van der Waals surface area contributed by atoms with Crippen molar-refractivity contribution in [3.05, 3.63) is 23.3 Å². The fourth-order valence-electron chi connectivity index (χ4n) is 2.60. The number of sulfonamides is 1. The summed E-state index contributed by atoms with van der Waals surface area (Å²) in [4.78, 5) is 0.315. The lowest BCUT2D eigenvalue weighted by atomic mass is 10.1. The molecule has 2 rings (SSSR count). The zero-order chi connectivity index (χ0) is 14.9. The molecule has 0 radical (unpaired) electrons. The number of hydrogen-bond donors (Lipinski definition) is 3. The Morgan fingerprint density at radius 3 is 2.35 bits per heavy atom. The van der Waals surface area contributed by atoms with Crippen molar-refractivity contribution in [3.8, 4) is 0 Å². The number of ether oxygens (including phenoxy) is 1. The zero-order valence-corrected chi connectivity index (χ0v) is 12.8. The highest BCUT2D eigenvalue weighted by Gasteiger charge is 2.30. The first-order chi connectivity index (χ1) is 9.35. The first-order valence-electron chi connectivity index (χ1n) is 6.57. The highest BCUT2D eigenvalue weighted by Crippen LogP contribution is 2.25. The highest BCUT2D eigenvalue weighted by atomic mass is 32.2. The van der Waals surface area contributed by atoms with E-state index in [1.807, 2.05) is 6.92 Å². The molecule has 2 atom stereocenters. The molecule has 1 aliphatic rings. The average Bonchev–Trinajstić information content (AvgIpc) is 2.72. The van der Waals surface area contributed by atoms with Crippen LogP contribution in [0.5, 0.6) is 0 Å². The largest absolute Gasteiger partial charge is 0.377 e. The first-order valence-corrected chi connectivity index (χ1v) is 8.05. The summed E-state index contributed by atoms with van der Waals surface area (Å²) < 4.78 is 33.2. The topological polar surface area (TPSA) is 93.5 Å². The number of nitrogens with one attached hydrogen (secondary N) is 2. The number of hydrazine groups is 1. The van der Waals surface area contributed by atoms with Gasteiger partial charge in [0.05, 0.1) is 17.0 Å². The Hall–Kier alpha value is -1.15. The van der Waals surface area contributed by atoms with Crippen LogP contribution in [0.1, 0.15) is 24.5 Å². The van der Waals surface area contributed by atoms with Crippen LogP contribution in [-0.2, 0) is 14.8 Å². The fourth-order valence-corrected chi connectivity index (χ4v) is 4.39. The van der Waals surface area contributed by atoms with E-state index in [9.17, 15) is 8.42 Å². The van der Waals surface area contributed by atoms with Crippen LogP contribution in [-0.4, -0.2) is 27.2 Å². The van der Waals surface area contributed by atoms with E-state index in [-0.39, 0.29) is 12.1 Å². The van der Waals surface area contributed by atoms with Crippen molar-refractivity contribution >= 4 is 15.7 Å². The number of aryl methyl sites for hydroxylation is 2. The summed E-state index contributed by atoms with van der Waals surface area (Å²) in [5, 5.41) is 0. The number of benzene rings is 1. The van der Waals surface area contributed by atoms with Crippen molar-refractivity contribution in [1.82, 2.24) is 4.72 Å². The number of nitrogen functional groups attached to an aromatic ring is 1. The summed E-state index contributed by atoms with van der Waals surface area (Å²) >= 11 is 0. The molecule has 1 saturated heterocycles. The maximum atomic E-state index is 12.6. The van der Waals surface area contributed by atoms with Gasteiger partial charge in [0, 0.05) is 12.3 Å². The number of rotatable bonds is 4. The third kappa shape index (κ3) is 2.95. The molecule has 0 amide bonds. The Bertz CT molecular complexity index is 578. The van der Waals surface area contributed by atoms with E-state index in [2.05, 4.69) is 10.1 Å². The number of hydrogen-bond acceptors (Lipinski definition) is 5. The van der Waals surface area contributed by atoms with E-state index in [0.717, 1.165) is 0 Å². The van der Waals surface area contributed by atoms with Crippen molar-refractivity contribution in [3.63, 3.8) is 0 Å². The molecule has 1 aromatic rings. The van der Waals surface area contributed by atoms with Gasteiger partial charge in [-0.05, 0) is 50.5 Å². The van der Waals surface area contributed by atoms with Gasteiger partial charge in [0.1, 0.15) is 0 Å². The number of nitrogens with two attached hydrogens (primary N) is 1. The van der Waals surface area contributed by atoms with Crippen LogP contribution in [0.3, 0.4) is 0 Å². The van der Waals surface area contributed by atoms with E-state index in [1.54, 1.807) is 26.0 Å². The minimum absolute atomic E-state index is 0.102. The molecule has 20 heavy (non-hydrogen) atoms. The second-order valence-corrected chi connectivity index (χ2v) is 6.83. The lowest BCUT2D eigenvalue weighted by Gasteiger charge is -2.19. The molecule has 7 heteroatoms. The van der Waals surface area contributed by atoms with Crippen molar-refractivity contribution in [2.75, 3.05) is 12.0 Å². The third-order valence-electron chi connectivity index (χ3n) is 3.58. The Morgan fingerprint density at radius 2 is 1.90 bits per heavy atom. The van der Waals surface area contributed by atoms with Crippen LogP contribution >= 0.6 is 0 Å². The van der Waals surface area contributed by atoms with Gasteiger partial charge in [0.25, 0.3) is 0 Å². The van der Waals surface area contributed by atoms with E-state index in [4.69, 9.17) is 10.6 Å². The fraction of sp³-hybridized carbons (Fsp3) is 0.538. The standard InChI is InChI=1S/C13H21N3O3S/c1-8-6-11(15-14)7-9(2)13(8)20(17,18)16-12-4-5-19-10(12)3/h6-7,10,12,15-16H,4-5,14H2,1-3H3. The molecule has 112 valence electrons. The maximum absolute atomic E-state index is 12.6. The quantitative estimate of drug-likeness (QED) is 0.570. The Kier molecular flexibility index (Phi) is 4.33. The van der Waals surface area contributed by atoms with Gasteiger partial charge in [-0.2, -0.15) is 0 Å². The lowest BCUT2D eigenvalue weighted by molar-refractivity contribution is 0.117. The molecule has 2 unspecified atom stereocenters. The van der Waals surface area contributed by atoms with E-state index in [1.165, 1.54) is 0 Å². The molecule has 1 aliphatic heterocycles. The summed E-state index contributed by atoms with van der Waals surface area (Å²) in [6.45, 7) is 5.98. The Morgan fingerprint density at radius 1 is 1.30 bits per heavy atom. The summed E-state index contributed by atoms with van der Waals surface area (Å²) in [6, 6.07) is 3.26. The second-order valence-electron chi connectivity index (χ2n) is 5.18. The molecule has 0 bridgehead atoms. The zero-order valence-electron chi connectivity index (χ0n) is 11.9. The molecule has 1 fully saturated rings. The minimum Gasteiger partial charge on any atom is -0.377 e. The monoisotopic (exact) mass is 299 g/mol. The molecule has 0 spiro atoms. The SMILES string of the molecule is Cc1cc(NN)cc(C)c1S(=O)(=O)NC1CCOC1C. The lowest BCUT2D eigenvalue weighted by Crippen LogP contribution is -2.39. The Balaban J connectivity index is 2.34. The van der Waals surface area contributed by atoms with Gasteiger partial charge >= 0.3 is 0 Å². The van der Waals surface area contributed by atoms with E-state index in [0.29, 0.717) is 34.7 Å². The van der Waals surface area contributed by atoms with Crippen molar-refractivity contribution < 1.29 is 13.2 Å². The molecule has 1 heterocycles. The number of anilines is 1. The molecule has 0 aliphatic carbocycles. The van der Waals surface area contributed by atoms with Crippen LogP contribution in [0, 0.1) is 13.8 Å². The molecule has 0 aromatic heterocycles. The molecular weight excluding hydrogens is 278 g/mol. The van der Waals surface area contributed by atoms with Gasteiger partial charge in [-0.3, -0.25) is 5.84 Å². The van der Waals surface area contributed by atoms with Crippen molar-refractivity contribution in [2.45, 2.75) is 44.2 Å². The average molecular weight is 299 g/mol. The summed E-state index contributed by atoms with van der Waals surface area (Å²) in [5.41, 5.74) is 4.55. The summed E-state index contributed by atoms with van der Waals surface area (Å²) in [5.74, 6) is 5.37. The van der Waals surface area contributed by atoms with Gasteiger partial charge in [0.15, 0.2) is 0 Å². The highest BCUT2D eigenvalue weighted by molar-refractivity contribution is 7.89. The maximum Gasteiger partial charge on any atom is 0.241 e.